The SMILES string of the molecule is COc1cccc(CN2C[C@H]3CCC[C@@H](C2)C3N2CCCCC2)c1. The minimum absolute atomic E-state index is 0.876. The van der Waals surface area contributed by atoms with Crippen molar-refractivity contribution in [1.82, 2.24) is 9.80 Å². The molecule has 132 valence electrons. The Kier molecular flexibility index (Phi) is 5.09. The number of hydrogen-bond donors (Lipinski definition) is 0. The molecule has 4 rings (SSSR count). The first-order valence-electron chi connectivity index (χ1n) is 9.93. The second kappa shape index (κ2) is 7.45. The molecule has 3 nitrogen and oxygen atoms in total. The summed E-state index contributed by atoms with van der Waals surface area (Å²) in [5.41, 5.74) is 1.39. The second-order valence-corrected chi connectivity index (χ2v) is 8.08. The van der Waals surface area contributed by atoms with Gasteiger partial charge in [0, 0.05) is 25.7 Å². The fraction of sp³-hybridized carbons (Fsp3) is 0.714. The van der Waals surface area contributed by atoms with Crippen LogP contribution in [0.3, 0.4) is 0 Å². The molecule has 0 amide bonds. The summed E-state index contributed by atoms with van der Waals surface area (Å²) in [6.07, 6.45) is 8.61. The number of methoxy groups -OCH3 is 1. The number of hydrogen-bond acceptors (Lipinski definition) is 3. The maximum Gasteiger partial charge on any atom is 0.119 e. The van der Waals surface area contributed by atoms with Crippen LogP contribution in [0.4, 0.5) is 0 Å². The summed E-state index contributed by atoms with van der Waals surface area (Å²) in [5, 5.41) is 0. The van der Waals surface area contributed by atoms with Crippen molar-refractivity contribution in [2.24, 2.45) is 11.8 Å². The van der Waals surface area contributed by atoms with Crippen LogP contribution in [0, 0.1) is 11.8 Å². The first-order chi connectivity index (χ1) is 11.8. The van der Waals surface area contributed by atoms with E-state index < -0.39 is 0 Å². The molecule has 0 N–H and O–H groups in total. The van der Waals surface area contributed by atoms with E-state index in [0.29, 0.717) is 0 Å². The Hall–Kier alpha value is -1.06. The number of nitrogens with zero attached hydrogens (tertiary/aromatic N) is 2. The second-order valence-electron chi connectivity index (χ2n) is 8.08. The lowest BCUT2D eigenvalue weighted by Crippen LogP contribution is -2.58. The fourth-order valence-corrected chi connectivity index (χ4v) is 5.48. The third-order valence-corrected chi connectivity index (χ3v) is 6.45. The maximum absolute atomic E-state index is 5.39. The van der Waals surface area contributed by atoms with E-state index in [1.54, 1.807) is 7.11 Å². The molecular weight excluding hydrogens is 296 g/mol. The average molecular weight is 329 g/mol. The number of benzene rings is 1. The van der Waals surface area contributed by atoms with Crippen molar-refractivity contribution in [2.45, 2.75) is 51.1 Å². The molecule has 2 aliphatic heterocycles. The molecule has 0 radical (unpaired) electrons. The highest BCUT2D eigenvalue weighted by molar-refractivity contribution is 5.28. The van der Waals surface area contributed by atoms with Gasteiger partial charge in [-0.3, -0.25) is 9.80 Å². The minimum atomic E-state index is 0.876. The summed E-state index contributed by atoms with van der Waals surface area (Å²) in [4.78, 5) is 5.57. The third-order valence-electron chi connectivity index (χ3n) is 6.45. The highest BCUT2D eigenvalue weighted by Crippen LogP contribution is 2.39. The van der Waals surface area contributed by atoms with Crippen LogP contribution >= 0.6 is 0 Å². The quantitative estimate of drug-likeness (QED) is 0.836. The molecule has 2 saturated heterocycles. The summed E-state index contributed by atoms with van der Waals surface area (Å²) < 4.78 is 5.39. The third kappa shape index (κ3) is 3.48. The van der Waals surface area contributed by atoms with Gasteiger partial charge in [0.2, 0.25) is 0 Å². The summed E-state index contributed by atoms with van der Waals surface area (Å²) >= 11 is 0. The topological polar surface area (TPSA) is 15.7 Å². The molecule has 1 aromatic rings. The van der Waals surface area contributed by atoms with Crippen LogP contribution in [0.2, 0.25) is 0 Å². The van der Waals surface area contributed by atoms with Crippen LogP contribution in [-0.2, 0) is 6.54 Å². The van der Waals surface area contributed by atoms with Crippen molar-refractivity contribution in [1.29, 1.82) is 0 Å². The number of rotatable bonds is 4. The van der Waals surface area contributed by atoms with E-state index in [2.05, 4.69) is 28.0 Å². The van der Waals surface area contributed by atoms with Gasteiger partial charge in [0.15, 0.2) is 0 Å². The molecule has 1 unspecified atom stereocenters. The van der Waals surface area contributed by atoms with E-state index in [9.17, 15) is 0 Å². The number of ether oxygens (including phenoxy) is 1. The van der Waals surface area contributed by atoms with Crippen molar-refractivity contribution in [3.05, 3.63) is 29.8 Å². The molecule has 1 aromatic carbocycles. The van der Waals surface area contributed by atoms with Crippen molar-refractivity contribution < 1.29 is 4.74 Å². The van der Waals surface area contributed by atoms with E-state index in [-0.39, 0.29) is 0 Å². The van der Waals surface area contributed by atoms with E-state index in [1.807, 2.05) is 6.07 Å². The van der Waals surface area contributed by atoms with Gasteiger partial charge < -0.3 is 4.74 Å². The molecule has 1 saturated carbocycles. The maximum atomic E-state index is 5.39. The Morgan fingerprint density at radius 3 is 2.46 bits per heavy atom. The molecule has 0 aromatic heterocycles. The largest absolute Gasteiger partial charge is 0.497 e. The Morgan fingerprint density at radius 1 is 1.00 bits per heavy atom. The summed E-state index contributed by atoms with van der Waals surface area (Å²) in [6, 6.07) is 9.48. The van der Waals surface area contributed by atoms with Gasteiger partial charge in [-0.1, -0.05) is 25.0 Å². The molecule has 3 heteroatoms. The highest BCUT2D eigenvalue weighted by Gasteiger charge is 2.42. The number of piperidine rings is 2. The number of fused-ring (bicyclic) bond motifs is 2. The van der Waals surface area contributed by atoms with Crippen LogP contribution < -0.4 is 4.74 Å². The zero-order chi connectivity index (χ0) is 16.4. The molecule has 2 heterocycles. The molecule has 3 fully saturated rings. The van der Waals surface area contributed by atoms with Gasteiger partial charge >= 0.3 is 0 Å². The van der Waals surface area contributed by atoms with Crippen molar-refractivity contribution >= 4 is 0 Å². The molecule has 3 aliphatic rings. The van der Waals surface area contributed by atoms with E-state index in [1.165, 1.54) is 70.3 Å². The van der Waals surface area contributed by atoms with Crippen molar-refractivity contribution in [2.75, 3.05) is 33.3 Å². The fourth-order valence-electron chi connectivity index (χ4n) is 5.48. The molecule has 3 atom stereocenters. The zero-order valence-corrected chi connectivity index (χ0v) is 15.1. The predicted molar refractivity (Wildman–Crippen MR) is 98.3 cm³/mol. The van der Waals surface area contributed by atoms with Crippen molar-refractivity contribution in [3.63, 3.8) is 0 Å². The smallest absolute Gasteiger partial charge is 0.119 e. The van der Waals surface area contributed by atoms with Crippen LogP contribution in [0.5, 0.6) is 5.75 Å². The standard InChI is InChI=1S/C21H32N2O/c1-24-20-10-5-7-17(13-20)14-22-15-18-8-6-9-19(16-22)21(18)23-11-3-2-4-12-23/h5,7,10,13,18-19,21H,2-4,6,8-9,11-12,14-16H2,1H3/t18-,19+,21?. The van der Waals surface area contributed by atoms with Crippen LogP contribution in [0.1, 0.15) is 44.1 Å². The predicted octanol–water partition coefficient (Wildman–Crippen LogP) is 3.78. The Morgan fingerprint density at radius 2 is 1.75 bits per heavy atom. The minimum Gasteiger partial charge on any atom is -0.497 e. The van der Waals surface area contributed by atoms with E-state index in [4.69, 9.17) is 4.74 Å². The monoisotopic (exact) mass is 328 g/mol. The zero-order valence-electron chi connectivity index (χ0n) is 15.1. The summed E-state index contributed by atoms with van der Waals surface area (Å²) in [7, 11) is 1.76. The van der Waals surface area contributed by atoms with Gasteiger partial charge in [-0.25, -0.2) is 0 Å². The molecule has 1 aliphatic carbocycles. The lowest BCUT2D eigenvalue weighted by molar-refractivity contribution is -0.0290. The van der Waals surface area contributed by atoms with Crippen LogP contribution in [0.25, 0.3) is 0 Å². The Balaban J connectivity index is 1.43. The first kappa shape index (κ1) is 16.4. The lowest BCUT2D eigenvalue weighted by atomic mass is 9.72. The molecule has 0 spiro atoms. The lowest BCUT2D eigenvalue weighted by Gasteiger charge is -2.52. The molecule has 24 heavy (non-hydrogen) atoms. The van der Waals surface area contributed by atoms with Gasteiger partial charge in [-0.2, -0.15) is 0 Å². The van der Waals surface area contributed by atoms with Crippen molar-refractivity contribution in [3.8, 4) is 5.75 Å². The van der Waals surface area contributed by atoms with Crippen LogP contribution in [0.15, 0.2) is 24.3 Å². The van der Waals surface area contributed by atoms with E-state index in [0.717, 1.165) is 30.2 Å². The van der Waals surface area contributed by atoms with Gasteiger partial charge in [0.25, 0.3) is 0 Å². The van der Waals surface area contributed by atoms with Crippen LogP contribution in [-0.4, -0.2) is 49.1 Å². The average Bonchev–Trinajstić information content (AvgIpc) is 2.62. The number of likely N-dealkylation sites (tertiary alicyclic amines) is 2. The van der Waals surface area contributed by atoms with Gasteiger partial charge in [-0.05, 0) is 68.3 Å². The summed E-state index contributed by atoms with van der Waals surface area (Å²) in [5.74, 6) is 2.76. The normalized spacial score (nSPS) is 31.8. The van der Waals surface area contributed by atoms with Gasteiger partial charge in [-0.15, -0.1) is 0 Å². The molecule has 2 bridgehead atoms. The van der Waals surface area contributed by atoms with Gasteiger partial charge in [0.05, 0.1) is 7.11 Å². The Bertz CT molecular complexity index is 526. The van der Waals surface area contributed by atoms with E-state index >= 15 is 0 Å². The Labute approximate surface area is 147 Å². The summed E-state index contributed by atoms with van der Waals surface area (Å²) in [6.45, 7) is 6.36. The molecular formula is C21H32N2O. The first-order valence-corrected chi connectivity index (χ1v) is 9.93. The highest BCUT2D eigenvalue weighted by atomic mass is 16.5. The van der Waals surface area contributed by atoms with Gasteiger partial charge in [0.1, 0.15) is 5.75 Å².